The van der Waals surface area contributed by atoms with Crippen LogP contribution < -0.4 is 5.32 Å². The van der Waals surface area contributed by atoms with Crippen LogP contribution in [0.1, 0.15) is 35.2 Å². The van der Waals surface area contributed by atoms with Crippen molar-refractivity contribution in [2.45, 2.75) is 26.8 Å². The third kappa shape index (κ3) is 3.45. The van der Waals surface area contributed by atoms with Gasteiger partial charge in [-0.2, -0.15) is 0 Å². The molecule has 0 aliphatic carbocycles. The molecule has 0 bridgehead atoms. The summed E-state index contributed by atoms with van der Waals surface area (Å²) in [4.78, 5) is 0. The summed E-state index contributed by atoms with van der Waals surface area (Å²) in [6.45, 7) is 6.37. The summed E-state index contributed by atoms with van der Waals surface area (Å²) in [5.41, 5.74) is 7.73. The third-order valence-corrected chi connectivity index (χ3v) is 4.11. The molecule has 1 unspecified atom stereocenters. The van der Waals surface area contributed by atoms with Crippen molar-refractivity contribution in [1.29, 1.82) is 0 Å². The van der Waals surface area contributed by atoms with Crippen LogP contribution in [0.2, 0.25) is 0 Å². The Kier molecular flexibility index (Phi) is 4.47. The van der Waals surface area contributed by atoms with Crippen molar-refractivity contribution in [3.05, 3.63) is 89.2 Å². The Bertz CT molecular complexity index is 773. The van der Waals surface area contributed by atoms with E-state index in [-0.39, 0.29) is 6.04 Å². The molecule has 1 aliphatic heterocycles. The highest BCUT2D eigenvalue weighted by Crippen LogP contribution is 2.29. The van der Waals surface area contributed by atoms with E-state index < -0.39 is 0 Å². The number of allylic oxidation sites excluding steroid dienone is 3. The molecule has 0 spiro atoms. The van der Waals surface area contributed by atoms with Crippen LogP contribution in [0.3, 0.4) is 0 Å². The Morgan fingerprint density at radius 3 is 2.35 bits per heavy atom. The second-order valence-electron chi connectivity index (χ2n) is 6.11. The van der Waals surface area contributed by atoms with Crippen LogP contribution in [-0.2, 0) is 0 Å². The summed E-state index contributed by atoms with van der Waals surface area (Å²) in [6.07, 6.45) is 12.6. The maximum Gasteiger partial charge on any atom is 0.0701 e. The summed E-state index contributed by atoms with van der Waals surface area (Å²) in [7, 11) is 0. The van der Waals surface area contributed by atoms with Crippen molar-refractivity contribution >= 4 is 6.08 Å². The van der Waals surface area contributed by atoms with Gasteiger partial charge in [0.05, 0.1) is 6.04 Å². The molecule has 1 N–H and O–H groups in total. The molecule has 1 nitrogen and oxygen atoms in total. The average Bonchev–Trinajstić information content (AvgIpc) is 2.55. The predicted molar refractivity (Wildman–Crippen MR) is 100 cm³/mol. The number of rotatable bonds is 3. The summed E-state index contributed by atoms with van der Waals surface area (Å²) >= 11 is 0. The van der Waals surface area contributed by atoms with Gasteiger partial charge in [-0.3, -0.25) is 0 Å². The van der Waals surface area contributed by atoms with E-state index in [9.17, 15) is 0 Å². The largest absolute Gasteiger partial charge is 0.381 e. The lowest BCUT2D eigenvalue weighted by atomic mass is 9.92. The summed E-state index contributed by atoms with van der Waals surface area (Å²) in [5, 5.41) is 3.43. The zero-order valence-corrected chi connectivity index (χ0v) is 14.0. The van der Waals surface area contributed by atoms with Gasteiger partial charge in [0.1, 0.15) is 0 Å². The molecule has 1 heteroatoms. The van der Waals surface area contributed by atoms with E-state index in [1.165, 1.54) is 33.4 Å². The van der Waals surface area contributed by atoms with Crippen molar-refractivity contribution in [3.63, 3.8) is 0 Å². The smallest absolute Gasteiger partial charge is 0.0701 e. The van der Waals surface area contributed by atoms with E-state index in [0.29, 0.717) is 0 Å². The van der Waals surface area contributed by atoms with Crippen LogP contribution in [0.5, 0.6) is 0 Å². The van der Waals surface area contributed by atoms with Crippen molar-refractivity contribution in [2.24, 2.45) is 0 Å². The minimum atomic E-state index is 0.219. The normalized spacial score (nSPS) is 16.7. The van der Waals surface area contributed by atoms with Gasteiger partial charge in [0.25, 0.3) is 0 Å². The fraction of sp³-hybridized carbons (Fsp3) is 0.182. The minimum absolute atomic E-state index is 0.219. The van der Waals surface area contributed by atoms with Crippen molar-refractivity contribution in [3.8, 4) is 11.1 Å². The van der Waals surface area contributed by atoms with E-state index in [2.05, 4.69) is 86.8 Å². The Morgan fingerprint density at radius 1 is 0.913 bits per heavy atom. The first-order chi connectivity index (χ1) is 11.2. The van der Waals surface area contributed by atoms with Gasteiger partial charge in [-0.25, -0.2) is 0 Å². The monoisotopic (exact) mass is 301 g/mol. The maximum absolute atomic E-state index is 3.43. The molecular formula is C22H23N. The van der Waals surface area contributed by atoms with Crippen LogP contribution in [0, 0.1) is 13.8 Å². The van der Waals surface area contributed by atoms with Gasteiger partial charge in [-0.05, 0) is 61.4 Å². The zero-order valence-electron chi connectivity index (χ0n) is 14.0. The van der Waals surface area contributed by atoms with Crippen LogP contribution in [-0.4, -0.2) is 0 Å². The molecule has 2 aromatic carbocycles. The van der Waals surface area contributed by atoms with Gasteiger partial charge in [0.15, 0.2) is 0 Å². The van der Waals surface area contributed by atoms with Crippen LogP contribution in [0.25, 0.3) is 17.2 Å². The number of aryl methyl sites for hydroxylation is 2. The molecule has 116 valence electrons. The minimum Gasteiger partial charge on any atom is -0.381 e. The molecular weight excluding hydrogens is 278 g/mol. The SMILES string of the molecule is C/C=C\c1ccc(-c2cc(C)cc(C)c2)cc1C1C=CC=CN1. The highest BCUT2D eigenvalue weighted by molar-refractivity contribution is 5.70. The fourth-order valence-corrected chi connectivity index (χ4v) is 3.14. The lowest BCUT2D eigenvalue weighted by Crippen LogP contribution is -2.16. The lowest BCUT2D eigenvalue weighted by molar-refractivity contribution is 0.745. The molecule has 0 saturated heterocycles. The fourth-order valence-electron chi connectivity index (χ4n) is 3.14. The molecule has 2 aromatic rings. The second kappa shape index (κ2) is 6.70. The average molecular weight is 301 g/mol. The molecule has 0 saturated carbocycles. The first-order valence-corrected chi connectivity index (χ1v) is 8.12. The summed E-state index contributed by atoms with van der Waals surface area (Å²) in [5.74, 6) is 0. The van der Waals surface area contributed by atoms with Gasteiger partial charge < -0.3 is 5.32 Å². The van der Waals surface area contributed by atoms with Crippen LogP contribution in [0.15, 0.2) is 66.9 Å². The molecule has 0 aromatic heterocycles. The first kappa shape index (κ1) is 15.4. The molecule has 1 aliphatic rings. The van der Waals surface area contributed by atoms with Crippen molar-refractivity contribution in [1.82, 2.24) is 5.32 Å². The molecule has 23 heavy (non-hydrogen) atoms. The summed E-state index contributed by atoms with van der Waals surface area (Å²) in [6, 6.07) is 13.7. The van der Waals surface area contributed by atoms with Crippen molar-refractivity contribution in [2.75, 3.05) is 0 Å². The van der Waals surface area contributed by atoms with Gasteiger partial charge >= 0.3 is 0 Å². The number of benzene rings is 2. The Balaban J connectivity index is 2.09. The van der Waals surface area contributed by atoms with Gasteiger partial charge in [0.2, 0.25) is 0 Å². The summed E-state index contributed by atoms with van der Waals surface area (Å²) < 4.78 is 0. The number of nitrogens with one attached hydrogen (secondary N) is 1. The van der Waals surface area contributed by atoms with E-state index in [4.69, 9.17) is 0 Å². The molecule has 0 amide bonds. The Morgan fingerprint density at radius 2 is 1.70 bits per heavy atom. The number of hydrogen-bond donors (Lipinski definition) is 1. The highest BCUT2D eigenvalue weighted by atomic mass is 14.9. The zero-order chi connectivity index (χ0) is 16.2. The van der Waals surface area contributed by atoms with Crippen molar-refractivity contribution < 1.29 is 0 Å². The van der Waals surface area contributed by atoms with E-state index in [1.54, 1.807) is 0 Å². The predicted octanol–water partition coefficient (Wildman–Crippen LogP) is 5.72. The molecule has 0 fully saturated rings. The number of hydrogen-bond acceptors (Lipinski definition) is 1. The van der Waals surface area contributed by atoms with E-state index in [1.807, 2.05) is 12.3 Å². The van der Waals surface area contributed by atoms with Gasteiger partial charge in [0, 0.05) is 0 Å². The number of dihydropyridines is 1. The molecule has 3 rings (SSSR count). The third-order valence-electron chi connectivity index (χ3n) is 4.11. The van der Waals surface area contributed by atoms with Crippen LogP contribution in [0.4, 0.5) is 0 Å². The van der Waals surface area contributed by atoms with Gasteiger partial charge in [-0.1, -0.05) is 65.8 Å². The molecule has 1 heterocycles. The molecule has 1 atom stereocenters. The lowest BCUT2D eigenvalue weighted by Gasteiger charge is -2.20. The van der Waals surface area contributed by atoms with E-state index in [0.717, 1.165) is 0 Å². The van der Waals surface area contributed by atoms with Gasteiger partial charge in [-0.15, -0.1) is 0 Å². The van der Waals surface area contributed by atoms with E-state index >= 15 is 0 Å². The highest BCUT2D eigenvalue weighted by Gasteiger charge is 2.13. The van der Waals surface area contributed by atoms with Crippen LogP contribution >= 0.6 is 0 Å². The standard InChI is InChI=1S/C22H23N/c1-4-7-18-9-10-19(20-13-16(2)12-17(3)14-20)15-21(18)22-8-5-6-11-23-22/h4-15,22-23H,1-3H3/b7-4-. The second-order valence-corrected chi connectivity index (χ2v) is 6.11. The molecule has 0 radical (unpaired) electrons. The topological polar surface area (TPSA) is 12.0 Å². The first-order valence-electron chi connectivity index (χ1n) is 8.12. The Hall–Kier alpha value is -2.54. The maximum atomic E-state index is 3.43. The Labute approximate surface area is 139 Å². The quantitative estimate of drug-likeness (QED) is 0.764.